The van der Waals surface area contributed by atoms with Crippen molar-refractivity contribution in [2.45, 2.75) is 26.3 Å². The Morgan fingerprint density at radius 1 is 1.10 bits per heavy atom. The molecule has 2 aromatic rings. The number of benzene rings is 2. The maximum atomic E-state index is 6.33. The summed E-state index contributed by atoms with van der Waals surface area (Å²) < 4.78 is 5.37. The Labute approximate surface area is 125 Å². The highest BCUT2D eigenvalue weighted by Gasteiger charge is 2.13. The van der Waals surface area contributed by atoms with Crippen molar-refractivity contribution in [3.8, 4) is 5.75 Å². The maximum absolute atomic E-state index is 6.33. The molecule has 0 spiro atoms. The second-order valence-electron chi connectivity index (χ2n) is 5.19. The predicted octanol–water partition coefficient (Wildman–Crippen LogP) is 4.21. The van der Waals surface area contributed by atoms with Gasteiger partial charge in [0.1, 0.15) is 5.75 Å². The molecule has 0 aliphatic carbocycles. The molecule has 2 nitrogen and oxygen atoms in total. The van der Waals surface area contributed by atoms with Gasteiger partial charge in [0.05, 0.1) is 7.11 Å². The molecule has 0 bridgehead atoms. The average molecular weight is 290 g/mol. The first kappa shape index (κ1) is 14.9. The molecule has 1 unspecified atom stereocenters. The third-order valence-corrected chi connectivity index (χ3v) is 3.57. The first-order valence-electron chi connectivity index (χ1n) is 6.66. The van der Waals surface area contributed by atoms with Crippen molar-refractivity contribution in [2.75, 3.05) is 7.11 Å². The van der Waals surface area contributed by atoms with Crippen LogP contribution in [0, 0.1) is 13.8 Å². The molecule has 2 N–H and O–H groups in total. The van der Waals surface area contributed by atoms with Gasteiger partial charge in [0.15, 0.2) is 0 Å². The smallest absolute Gasteiger partial charge is 0.125 e. The van der Waals surface area contributed by atoms with E-state index in [1.807, 2.05) is 12.1 Å². The van der Waals surface area contributed by atoms with Gasteiger partial charge in [-0.25, -0.2) is 0 Å². The zero-order valence-electron chi connectivity index (χ0n) is 12.1. The van der Waals surface area contributed by atoms with Gasteiger partial charge < -0.3 is 10.5 Å². The van der Waals surface area contributed by atoms with Gasteiger partial charge in [-0.3, -0.25) is 0 Å². The van der Waals surface area contributed by atoms with E-state index in [1.165, 1.54) is 16.7 Å². The lowest BCUT2D eigenvalue weighted by Gasteiger charge is -2.16. The monoisotopic (exact) mass is 289 g/mol. The molecule has 0 radical (unpaired) electrons. The van der Waals surface area contributed by atoms with Crippen molar-refractivity contribution in [1.29, 1.82) is 0 Å². The van der Waals surface area contributed by atoms with E-state index in [-0.39, 0.29) is 6.04 Å². The lowest BCUT2D eigenvalue weighted by atomic mass is 9.96. The molecular weight excluding hydrogens is 270 g/mol. The normalized spacial score (nSPS) is 12.2. The highest BCUT2D eigenvalue weighted by Crippen LogP contribution is 2.29. The second-order valence-corrected chi connectivity index (χ2v) is 5.63. The molecule has 0 aromatic heterocycles. The fourth-order valence-corrected chi connectivity index (χ4v) is 2.70. The molecule has 0 saturated heterocycles. The number of ether oxygens (including phenoxy) is 1. The summed E-state index contributed by atoms with van der Waals surface area (Å²) in [5.41, 5.74) is 11.1. The van der Waals surface area contributed by atoms with Crippen molar-refractivity contribution in [2.24, 2.45) is 5.73 Å². The number of hydrogen-bond acceptors (Lipinski definition) is 2. The zero-order chi connectivity index (χ0) is 14.7. The topological polar surface area (TPSA) is 35.2 Å². The van der Waals surface area contributed by atoms with Crippen LogP contribution in [0.4, 0.5) is 0 Å². The maximum Gasteiger partial charge on any atom is 0.125 e. The molecule has 2 rings (SSSR count). The Balaban J connectivity index is 2.25. The lowest BCUT2D eigenvalue weighted by Crippen LogP contribution is -2.14. The van der Waals surface area contributed by atoms with Crippen molar-refractivity contribution in [3.05, 3.63) is 63.7 Å². The van der Waals surface area contributed by atoms with E-state index in [2.05, 4.69) is 32.0 Å². The Morgan fingerprint density at radius 3 is 2.35 bits per heavy atom. The van der Waals surface area contributed by atoms with Gasteiger partial charge in [-0.1, -0.05) is 47.0 Å². The molecule has 0 saturated carbocycles. The van der Waals surface area contributed by atoms with E-state index in [0.717, 1.165) is 17.7 Å². The highest BCUT2D eigenvalue weighted by atomic mass is 35.5. The van der Waals surface area contributed by atoms with E-state index in [0.29, 0.717) is 5.02 Å². The van der Waals surface area contributed by atoms with Crippen molar-refractivity contribution in [3.63, 3.8) is 0 Å². The molecule has 1 atom stereocenters. The highest BCUT2D eigenvalue weighted by molar-refractivity contribution is 6.30. The van der Waals surface area contributed by atoms with Crippen LogP contribution in [0.2, 0.25) is 5.02 Å². The average Bonchev–Trinajstić information content (AvgIpc) is 2.37. The minimum atomic E-state index is -0.108. The van der Waals surface area contributed by atoms with Gasteiger partial charge in [-0.05, 0) is 38.0 Å². The standard InChI is InChI=1S/C17H20ClNO/c1-11-6-12(2)8-13(7-11)9-16(19)15-5-4-14(18)10-17(15)20-3/h4-8,10,16H,9,19H2,1-3H3. The number of methoxy groups -OCH3 is 1. The first-order valence-corrected chi connectivity index (χ1v) is 7.03. The largest absolute Gasteiger partial charge is 0.496 e. The quantitative estimate of drug-likeness (QED) is 0.915. The summed E-state index contributed by atoms with van der Waals surface area (Å²) in [6.07, 6.45) is 0.778. The lowest BCUT2D eigenvalue weighted by molar-refractivity contribution is 0.405. The fourth-order valence-electron chi connectivity index (χ4n) is 2.54. The third kappa shape index (κ3) is 3.53. The van der Waals surface area contributed by atoms with Crippen LogP contribution in [0.5, 0.6) is 5.75 Å². The third-order valence-electron chi connectivity index (χ3n) is 3.33. The zero-order valence-corrected chi connectivity index (χ0v) is 12.9. The molecule has 0 aliphatic heterocycles. The van der Waals surface area contributed by atoms with Gasteiger partial charge in [-0.2, -0.15) is 0 Å². The molecule has 3 heteroatoms. The van der Waals surface area contributed by atoms with Crippen LogP contribution in [0.25, 0.3) is 0 Å². The number of nitrogens with two attached hydrogens (primary N) is 1. The minimum Gasteiger partial charge on any atom is -0.496 e. The van der Waals surface area contributed by atoms with Crippen molar-refractivity contribution >= 4 is 11.6 Å². The van der Waals surface area contributed by atoms with Crippen LogP contribution in [-0.2, 0) is 6.42 Å². The molecular formula is C17H20ClNO. The SMILES string of the molecule is COc1cc(Cl)ccc1C(N)Cc1cc(C)cc(C)c1. The van der Waals surface area contributed by atoms with E-state index in [1.54, 1.807) is 13.2 Å². The summed E-state index contributed by atoms with van der Waals surface area (Å²) in [5, 5.41) is 0.657. The van der Waals surface area contributed by atoms with Crippen LogP contribution < -0.4 is 10.5 Å². The Kier molecular flexibility index (Phi) is 4.69. The van der Waals surface area contributed by atoms with Gasteiger partial charge >= 0.3 is 0 Å². The van der Waals surface area contributed by atoms with Crippen LogP contribution in [0.15, 0.2) is 36.4 Å². The fraction of sp³-hybridized carbons (Fsp3) is 0.294. The Bertz CT molecular complexity index is 590. The van der Waals surface area contributed by atoms with Crippen LogP contribution >= 0.6 is 11.6 Å². The number of hydrogen-bond donors (Lipinski definition) is 1. The molecule has 106 valence electrons. The van der Waals surface area contributed by atoms with E-state index >= 15 is 0 Å². The molecule has 0 heterocycles. The molecule has 0 aliphatic rings. The summed E-state index contributed by atoms with van der Waals surface area (Å²) in [6, 6.07) is 12.0. The van der Waals surface area contributed by atoms with Gasteiger partial charge in [0.25, 0.3) is 0 Å². The number of aryl methyl sites for hydroxylation is 2. The van der Waals surface area contributed by atoms with E-state index in [4.69, 9.17) is 22.1 Å². The van der Waals surface area contributed by atoms with Gasteiger partial charge in [0, 0.05) is 16.6 Å². The molecule has 20 heavy (non-hydrogen) atoms. The van der Waals surface area contributed by atoms with Crippen molar-refractivity contribution < 1.29 is 4.74 Å². The number of rotatable bonds is 4. The van der Waals surface area contributed by atoms with Crippen LogP contribution in [0.1, 0.15) is 28.3 Å². The Hall–Kier alpha value is -1.51. The minimum absolute atomic E-state index is 0.108. The predicted molar refractivity (Wildman–Crippen MR) is 84.6 cm³/mol. The summed E-state index contributed by atoms with van der Waals surface area (Å²) in [5.74, 6) is 0.745. The first-order chi connectivity index (χ1) is 9.49. The van der Waals surface area contributed by atoms with Gasteiger partial charge in [0.2, 0.25) is 0 Å². The number of halogens is 1. The Morgan fingerprint density at radius 2 is 1.75 bits per heavy atom. The van der Waals surface area contributed by atoms with E-state index < -0.39 is 0 Å². The molecule has 2 aromatic carbocycles. The van der Waals surface area contributed by atoms with E-state index in [9.17, 15) is 0 Å². The van der Waals surface area contributed by atoms with Gasteiger partial charge in [-0.15, -0.1) is 0 Å². The molecule has 0 fully saturated rings. The summed E-state index contributed by atoms with van der Waals surface area (Å²) in [7, 11) is 1.64. The van der Waals surface area contributed by atoms with Crippen LogP contribution in [0.3, 0.4) is 0 Å². The van der Waals surface area contributed by atoms with Crippen molar-refractivity contribution in [1.82, 2.24) is 0 Å². The summed E-state index contributed by atoms with van der Waals surface area (Å²) in [6.45, 7) is 4.20. The summed E-state index contributed by atoms with van der Waals surface area (Å²) in [4.78, 5) is 0. The second kappa shape index (κ2) is 6.29. The van der Waals surface area contributed by atoms with Crippen LogP contribution in [-0.4, -0.2) is 7.11 Å². The molecule has 0 amide bonds. The summed E-state index contributed by atoms with van der Waals surface area (Å²) >= 11 is 5.98.